The Balaban J connectivity index is 2.92. The van der Waals surface area contributed by atoms with Crippen molar-refractivity contribution in [3.05, 3.63) is 24.3 Å². The third-order valence-corrected chi connectivity index (χ3v) is 4.91. The molecule has 1 aromatic carbocycles. The number of rotatable bonds is 9. The Morgan fingerprint density at radius 3 is 2.31 bits per heavy atom. The number of para-hydroxylation sites is 1. The highest BCUT2D eigenvalue weighted by molar-refractivity contribution is 7.91. The van der Waals surface area contributed by atoms with Crippen LogP contribution in [0.5, 0.6) is 0 Å². The fraction of sp³-hybridized carbons (Fsp3) is 0.500. The first kappa shape index (κ1) is 22.0. The lowest BCUT2D eigenvalue weighted by atomic mass is 10.3. The first-order valence-corrected chi connectivity index (χ1v) is 9.47. The Kier molecular flexibility index (Phi) is 8.09. The van der Waals surface area contributed by atoms with Crippen molar-refractivity contribution >= 4 is 27.3 Å². The second-order valence-electron chi connectivity index (χ2n) is 5.85. The lowest BCUT2D eigenvalue weighted by Crippen LogP contribution is -2.41. The minimum atomic E-state index is -4.84. The molecule has 7 nitrogen and oxygen atoms in total. The summed E-state index contributed by atoms with van der Waals surface area (Å²) in [5.41, 5.74) is -0.215. The van der Waals surface area contributed by atoms with Crippen molar-refractivity contribution in [3.63, 3.8) is 0 Å². The summed E-state index contributed by atoms with van der Waals surface area (Å²) >= 11 is 0. The molecule has 0 saturated heterocycles. The van der Waals surface area contributed by atoms with Gasteiger partial charge in [-0.05, 0) is 25.1 Å². The average Bonchev–Trinajstić information content (AvgIpc) is 2.54. The second kappa shape index (κ2) is 9.58. The fourth-order valence-corrected chi connectivity index (χ4v) is 3.06. The number of sulfone groups is 1. The number of carbonyl (C=O) groups excluding carboxylic acids is 2. The summed E-state index contributed by atoms with van der Waals surface area (Å²) in [6.07, 6.45) is 0.699. The Labute approximate surface area is 151 Å². The molecule has 0 spiro atoms. The standard InChI is InChI=1S/C16H23F2N3O4S/c1-4-9-21(11-15(23)20(2)3)10-14(22)19-12-7-5-6-8-13(12)26(24,25)16(17)18/h5-8,16H,4,9-11H2,1-3H3,(H,19,22). The molecule has 0 fully saturated rings. The fourth-order valence-electron chi connectivity index (χ4n) is 2.17. The number of anilines is 1. The molecule has 1 N–H and O–H groups in total. The van der Waals surface area contributed by atoms with E-state index in [0.29, 0.717) is 13.0 Å². The summed E-state index contributed by atoms with van der Waals surface area (Å²) in [4.78, 5) is 26.4. The summed E-state index contributed by atoms with van der Waals surface area (Å²) in [6.45, 7) is 2.21. The Morgan fingerprint density at radius 1 is 1.15 bits per heavy atom. The highest BCUT2D eigenvalue weighted by Crippen LogP contribution is 2.26. The molecule has 0 atom stereocenters. The van der Waals surface area contributed by atoms with E-state index in [0.717, 1.165) is 6.07 Å². The zero-order valence-electron chi connectivity index (χ0n) is 14.9. The van der Waals surface area contributed by atoms with Gasteiger partial charge in [-0.3, -0.25) is 14.5 Å². The molecular formula is C16H23F2N3O4S. The van der Waals surface area contributed by atoms with Crippen LogP contribution < -0.4 is 5.32 Å². The SMILES string of the molecule is CCCN(CC(=O)Nc1ccccc1S(=O)(=O)C(F)F)CC(=O)N(C)C. The van der Waals surface area contributed by atoms with E-state index in [9.17, 15) is 26.8 Å². The Hall–Kier alpha value is -2.07. The second-order valence-corrected chi connectivity index (χ2v) is 7.74. The zero-order chi connectivity index (χ0) is 19.9. The van der Waals surface area contributed by atoms with Gasteiger partial charge in [0.2, 0.25) is 21.7 Å². The minimum Gasteiger partial charge on any atom is -0.348 e. The van der Waals surface area contributed by atoms with Crippen molar-refractivity contribution in [1.29, 1.82) is 0 Å². The maximum atomic E-state index is 12.8. The van der Waals surface area contributed by atoms with Gasteiger partial charge in [0.25, 0.3) is 0 Å². The number of carbonyl (C=O) groups is 2. The van der Waals surface area contributed by atoms with Crippen LogP contribution in [0.25, 0.3) is 0 Å². The Morgan fingerprint density at radius 2 is 1.77 bits per heavy atom. The molecule has 0 unspecified atom stereocenters. The van der Waals surface area contributed by atoms with Crippen molar-refractivity contribution in [3.8, 4) is 0 Å². The summed E-state index contributed by atoms with van der Waals surface area (Å²) in [5.74, 6) is -4.37. The monoisotopic (exact) mass is 391 g/mol. The van der Waals surface area contributed by atoms with Crippen LogP contribution >= 0.6 is 0 Å². The van der Waals surface area contributed by atoms with Crippen LogP contribution in [0.3, 0.4) is 0 Å². The van der Waals surface area contributed by atoms with Crippen LogP contribution in [0.15, 0.2) is 29.2 Å². The number of nitrogens with one attached hydrogen (secondary N) is 1. The number of amides is 2. The molecule has 26 heavy (non-hydrogen) atoms. The van der Waals surface area contributed by atoms with Gasteiger partial charge in [0.15, 0.2) is 0 Å². The molecule has 0 aliphatic rings. The molecule has 1 rings (SSSR count). The maximum absolute atomic E-state index is 12.8. The topological polar surface area (TPSA) is 86.8 Å². The average molecular weight is 391 g/mol. The van der Waals surface area contributed by atoms with Gasteiger partial charge in [-0.15, -0.1) is 0 Å². The highest BCUT2D eigenvalue weighted by atomic mass is 32.2. The highest BCUT2D eigenvalue weighted by Gasteiger charge is 2.29. The molecule has 0 aromatic heterocycles. The largest absolute Gasteiger partial charge is 0.348 e. The quantitative estimate of drug-likeness (QED) is 0.688. The number of hydrogen-bond acceptors (Lipinski definition) is 5. The summed E-state index contributed by atoms with van der Waals surface area (Å²) in [5, 5.41) is 2.34. The smallest absolute Gasteiger partial charge is 0.341 e. The minimum absolute atomic E-state index is 0.0191. The molecule has 10 heteroatoms. The van der Waals surface area contributed by atoms with Crippen LogP contribution in [0.2, 0.25) is 0 Å². The van der Waals surface area contributed by atoms with Gasteiger partial charge in [0, 0.05) is 14.1 Å². The number of halogens is 2. The third kappa shape index (κ3) is 6.03. The third-order valence-electron chi connectivity index (χ3n) is 3.47. The first-order valence-electron chi connectivity index (χ1n) is 7.93. The van der Waals surface area contributed by atoms with Crippen LogP contribution in [0.4, 0.5) is 14.5 Å². The number of hydrogen-bond donors (Lipinski definition) is 1. The van der Waals surface area contributed by atoms with Gasteiger partial charge < -0.3 is 10.2 Å². The molecule has 146 valence electrons. The predicted octanol–water partition coefficient (Wildman–Crippen LogP) is 1.42. The number of benzene rings is 1. The van der Waals surface area contributed by atoms with Crippen molar-refractivity contribution in [2.45, 2.75) is 24.0 Å². The van der Waals surface area contributed by atoms with Gasteiger partial charge in [-0.2, -0.15) is 8.78 Å². The van der Waals surface area contributed by atoms with E-state index in [1.807, 2.05) is 6.92 Å². The number of likely N-dealkylation sites (N-methyl/N-ethyl adjacent to an activating group) is 1. The molecule has 0 aliphatic heterocycles. The van der Waals surface area contributed by atoms with Crippen molar-refractivity contribution in [2.75, 3.05) is 39.0 Å². The van der Waals surface area contributed by atoms with E-state index >= 15 is 0 Å². The molecular weight excluding hydrogens is 368 g/mol. The van der Waals surface area contributed by atoms with Crippen LogP contribution in [-0.4, -0.2) is 69.5 Å². The molecule has 0 radical (unpaired) electrons. The van der Waals surface area contributed by atoms with Crippen LogP contribution in [-0.2, 0) is 19.4 Å². The first-order chi connectivity index (χ1) is 12.1. The van der Waals surface area contributed by atoms with Gasteiger partial charge in [0.1, 0.15) is 0 Å². The van der Waals surface area contributed by atoms with Crippen molar-refractivity contribution in [2.24, 2.45) is 0 Å². The molecule has 2 amide bonds. The molecule has 0 heterocycles. The van der Waals surface area contributed by atoms with E-state index in [-0.39, 0.29) is 24.7 Å². The summed E-state index contributed by atoms with van der Waals surface area (Å²) < 4.78 is 49.0. The lowest BCUT2D eigenvalue weighted by molar-refractivity contribution is -0.130. The van der Waals surface area contributed by atoms with E-state index in [2.05, 4.69) is 5.32 Å². The van der Waals surface area contributed by atoms with Gasteiger partial charge in [0.05, 0.1) is 23.7 Å². The molecule has 0 aliphatic carbocycles. The van der Waals surface area contributed by atoms with Gasteiger partial charge >= 0.3 is 5.76 Å². The number of alkyl halides is 2. The molecule has 0 saturated carbocycles. The Bertz CT molecular complexity index is 739. The lowest BCUT2D eigenvalue weighted by Gasteiger charge is -2.22. The number of nitrogens with zero attached hydrogens (tertiary/aromatic N) is 2. The maximum Gasteiger partial charge on any atom is 0.341 e. The van der Waals surface area contributed by atoms with E-state index in [1.54, 1.807) is 19.0 Å². The van der Waals surface area contributed by atoms with E-state index in [4.69, 9.17) is 0 Å². The van der Waals surface area contributed by atoms with Crippen molar-refractivity contribution in [1.82, 2.24) is 9.80 Å². The van der Waals surface area contributed by atoms with E-state index < -0.39 is 26.4 Å². The van der Waals surface area contributed by atoms with Crippen LogP contribution in [0, 0.1) is 0 Å². The molecule has 1 aromatic rings. The molecule has 0 bridgehead atoms. The normalized spacial score (nSPS) is 11.7. The van der Waals surface area contributed by atoms with Crippen molar-refractivity contribution < 1.29 is 26.8 Å². The van der Waals surface area contributed by atoms with Gasteiger partial charge in [-0.25, -0.2) is 8.42 Å². The predicted molar refractivity (Wildman–Crippen MR) is 93.7 cm³/mol. The summed E-state index contributed by atoms with van der Waals surface area (Å²) in [7, 11) is -1.65. The van der Waals surface area contributed by atoms with E-state index in [1.165, 1.54) is 23.1 Å². The summed E-state index contributed by atoms with van der Waals surface area (Å²) in [6, 6.07) is 4.97. The zero-order valence-corrected chi connectivity index (χ0v) is 15.7. The van der Waals surface area contributed by atoms with Crippen LogP contribution in [0.1, 0.15) is 13.3 Å². The van der Waals surface area contributed by atoms with Gasteiger partial charge in [-0.1, -0.05) is 19.1 Å².